The lowest BCUT2D eigenvalue weighted by molar-refractivity contribution is -0.131. The standard InChI is InChI=1S/C16H24N2O/c1-3-14(13-8-6-5-7-9-13)18-15(19)16(4-2)10-11-17-12-16/h5-9,14,17H,3-4,10-12H2,1-2H3,(H,18,19). The van der Waals surface area contributed by atoms with E-state index in [1.54, 1.807) is 0 Å². The van der Waals surface area contributed by atoms with Crippen LogP contribution in [0.3, 0.4) is 0 Å². The first-order valence-corrected chi connectivity index (χ1v) is 7.28. The number of amides is 1. The summed E-state index contributed by atoms with van der Waals surface area (Å²) in [4.78, 5) is 12.6. The molecule has 1 aliphatic heterocycles. The van der Waals surface area contributed by atoms with Gasteiger partial charge in [0.25, 0.3) is 0 Å². The van der Waals surface area contributed by atoms with Gasteiger partial charge < -0.3 is 10.6 Å². The van der Waals surface area contributed by atoms with E-state index in [1.165, 1.54) is 5.56 Å². The second kappa shape index (κ2) is 6.20. The van der Waals surface area contributed by atoms with Crippen LogP contribution in [0.4, 0.5) is 0 Å². The summed E-state index contributed by atoms with van der Waals surface area (Å²) in [6.45, 7) is 5.98. The molecule has 1 aromatic carbocycles. The molecule has 0 bridgehead atoms. The van der Waals surface area contributed by atoms with Crippen molar-refractivity contribution < 1.29 is 4.79 Å². The van der Waals surface area contributed by atoms with Gasteiger partial charge in [-0.1, -0.05) is 44.2 Å². The molecule has 19 heavy (non-hydrogen) atoms. The molecule has 0 aromatic heterocycles. The normalized spacial score (nSPS) is 24.1. The third-order valence-corrected chi connectivity index (χ3v) is 4.32. The highest BCUT2D eigenvalue weighted by Gasteiger charge is 2.40. The van der Waals surface area contributed by atoms with Crippen molar-refractivity contribution in [2.45, 2.75) is 39.2 Å². The number of carbonyl (C=O) groups excluding carboxylic acids is 1. The Morgan fingerprint density at radius 1 is 1.37 bits per heavy atom. The van der Waals surface area contributed by atoms with Crippen LogP contribution >= 0.6 is 0 Å². The van der Waals surface area contributed by atoms with Crippen LogP contribution in [0.2, 0.25) is 0 Å². The molecule has 1 amide bonds. The van der Waals surface area contributed by atoms with E-state index in [0.29, 0.717) is 0 Å². The van der Waals surface area contributed by atoms with Crippen LogP contribution in [0.15, 0.2) is 30.3 Å². The molecule has 1 aliphatic rings. The number of nitrogens with one attached hydrogen (secondary N) is 2. The Bertz CT molecular complexity index is 410. The molecule has 0 aliphatic carbocycles. The van der Waals surface area contributed by atoms with Crippen LogP contribution in [0.5, 0.6) is 0 Å². The highest BCUT2D eigenvalue weighted by atomic mass is 16.2. The predicted molar refractivity (Wildman–Crippen MR) is 77.8 cm³/mol. The van der Waals surface area contributed by atoms with E-state index in [-0.39, 0.29) is 17.4 Å². The SMILES string of the molecule is CCC(NC(=O)C1(CC)CCNC1)c1ccccc1. The van der Waals surface area contributed by atoms with Crippen molar-refractivity contribution in [2.75, 3.05) is 13.1 Å². The summed E-state index contributed by atoms with van der Waals surface area (Å²) in [6.07, 6.45) is 2.76. The summed E-state index contributed by atoms with van der Waals surface area (Å²) in [5.74, 6) is 0.204. The molecular weight excluding hydrogens is 236 g/mol. The molecular formula is C16H24N2O. The van der Waals surface area contributed by atoms with Gasteiger partial charge in [-0.25, -0.2) is 0 Å². The molecule has 1 heterocycles. The van der Waals surface area contributed by atoms with E-state index in [1.807, 2.05) is 18.2 Å². The summed E-state index contributed by atoms with van der Waals surface area (Å²) >= 11 is 0. The van der Waals surface area contributed by atoms with E-state index < -0.39 is 0 Å². The number of rotatable bonds is 5. The highest BCUT2D eigenvalue weighted by molar-refractivity contribution is 5.83. The van der Waals surface area contributed by atoms with Crippen molar-refractivity contribution in [2.24, 2.45) is 5.41 Å². The molecule has 0 saturated carbocycles. The van der Waals surface area contributed by atoms with Crippen LogP contribution in [0.1, 0.15) is 44.7 Å². The zero-order chi connectivity index (χ0) is 13.7. The van der Waals surface area contributed by atoms with Crippen LogP contribution < -0.4 is 10.6 Å². The maximum Gasteiger partial charge on any atom is 0.228 e. The monoisotopic (exact) mass is 260 g/mol. The van der Waals surface area contributed by atoms with Crippen molar-refractivity contribution in [3.05, 3.63) is 35.9 Å². The number of hydrogen-bond donors (Lipinski definition) is 2. The average molecular weight is 260 g/mol. The lowest BCUT2D eigenvalue weighted by Crippen LogP contribution is -2.43. The van der Waals surface area contributed by atoms with Crippen LogP contribution in [0.25, 0.3) is 0 Å². The Morgan fingerprint density at radius 2 is 2.11 bits per heavy atom. The van der Waals surface area contributed by atoms with Gasteiger partial charge in [0.2, 0.25) is 5.91 Å². The number of hydrogen-bond acceptors (Lipinski definition) is 2. The van der Waals surface area contributed by atoms with Gasteiger partial charge in [-0.05, 0) is 31.4 Å². The molecule has 3 heteroatoms. The molecule has 1 saturated heterocycles. The summed E-state index contributed by atoms with van der Waals surface area (Å²) in [5.41, 5.74) is 0.984. The smallest absolute Gasteiger partial charge is 0.228 e. The van der Waals surface area contributed by atoms with Gasteiger partial charge in [0.05, 0.1) is 11.5 Å². The van der Waals surface area contributed by atoms with Crippen molar-refractivity contribution in [3.63, 3.8) is 0 Å². The molecule has 3 nitrogen and oxygen atoms in total. The fourth-order valence-electron chi connectivity index (χ4n) is 2.82. The van der Waals surface area contributed by atoms with E-state index >= 15 is 0 Å². The first-order valence-electron chi connectivity index (χ1n) is 7.28. The van der Waals surface area contributed by atoms with Crippen LogP contribution in [-0.2, 0) is 4.79 Å². The van der Waals surface area contributed by atoms with Gasteiger partial charge in [0, 0.05) is 6.54 Å². The fraction of sp³-hybridized carbons (Fsp3) is 0.562. The predicted octanol–water partition coefficient (Wildman–Crippen LogP) is 2.64. The Balaban J connectivity index is 2.08. The number of carbonyl (C=O) groups is 1. The topological polar surface area (TPSA) is 41.1 Å². The summed E-state index contributed by atoms with van der Waals surface area (Å²) in [5, 5.41) is 6.55. The Morgan fingerprint density at radius 3 is 2.63 bits per heavy atom. The molecule has 2 N–H and O–H groups in total. The highest BCUT2D eigenvalue weighted by Crippen LogP contribution is 2.31. The van der Waals surface area contributed by atoms with E-state index in [9.17, 15) is 4.79 Å². The maximum absolute atomic E-state index is 12.6. The molecule has 0 spiro atoms. The van der Waals surface area contributed by atoms with Crippen molar-refractivity contribution in [1.29, 1.82) is 0 Å². The zero-order valence-corrected chi connectivity index (χ0v) is 11.9. The van der Waals surface area contributed by atoms with E-state index in [2.05, 4.69) is 36.6 Å². The molecule has 2 unspecified atom stereocenters. The zero-order valence-electron chi connectivity index (χ0n) is 11.9. The Kier molecular flexibility index (Phi) is 4.59. The quantitative estimate of drug-likeness (QED) is 0.854. The van der Waals surface area contributed by atoms with Gasteiger partial charge in [-0.3, -0.25) is 4.79 Å². The Hall–Kier alpha value is -1.35. The molecule has 1 aromatic rings. The van der Waals surface area contributed by atoms with Gasteiger partial charge in [-0.2, -0.15) is 0 Å². The second-order valence-electron chi connectivity index (χ2n) is 5.41. The number of benzene rings is 1. The third kappa shape index (κ3) is 2.98. The molecule has 2 rings (SSSR count). The van der Waals surface area contributed by atoms with Gasteiger partial charge in [0.1, 0.15) is 0 Å². The van der Waals surface area contributed by atoms with Crippen molar-refractivity contribution >= 4 is 5.91 Å². The lowest BCUT2D eigenvalue weighted by Gasteiger charge is -2.28. The fourth-order valence-corrected chi connectivity index (χ4v) is 2.82. The largest absolute Gasteiger partial charge is 0.349 e. The minimum Gasteiger partial charge on any atom is -0.349 e. The van der Waals surface area contributed by atoms with Crippen LogP contribution in [-0.4, -0.2) is 19.0 Å². The Labute approximate surface area is 115 Å². The minimum atomic E-state index is -0.206. The summed E-state index contributed by atoms with van der Waals surface area (Å²) in [6, 6.07) is 10.3. The molecule has 0 radical (unpaired) electrons. The summed E-state index contributed by atoms with van der Waals surface area (Å²) < 4.78 is 0. The summed E-state index contributed by atoms with van der Waals surface area (Å²) in [7, 11) is 0. The minimum absolute atomic E-state index is 0.123. The van der Waals surface area contributed by atoms with Gasteiger partial charge in [-0.15, -0.1) is 0 Å². The van der Waals surface area contributed by atoms with Crippen molar-refractivity contribution in [1.82, 2.24) is 10.6 Å². The van der Waals surface area contributed by atoms with Gasteiger partial charge in [0.15, 0.2) is 0 Å². The third-order valence-electron chi connectivity index (χ3n) is 4.32. The maximum atomic E-state index is 12.6. The molecule has 2 atom stereocenters. The second-order valence-corrected chi connectivity index (χ2v) is 5.41. The molecule has 104 valence electrons. The molecule has 1 fully saturated rings. The van der Waals surface area contributed by atoms with Gasteiger partial charge >= 0.3 is 0 Å². The average Bonchev–Trinajstić information content (AvgIpc) is 2.95. The first-order chi connectivity index (χ1) is 9.22. The van der Waals surface area contributed by atoms with Crippen LogP contribution in [0, 0.1) is 5.41 Å². The van der Waals surface area contributed by atoms with E-state index in [0.717, 1.165) is 32.4 Å². The van der Waals surface area contributed by atoms with Crippen molar-refractivity contribution in [3.8, 4) is 0 Å². The van der Waals surface area contributed by atoms with E-state index in [4.69, 9.17) is 0 Å². The first kappa shape index (κ1) is 14.1. The lowest BCUT2D eigenvalue weighted by atomic mass is 9.83.